The van der Waals surface area contributed by atoms with Crippen LogP contribution >= 0.6 is 23.2 Å². The molecule has 0 saturated carbocycles. The van der Waals surface area contributed by atoms with Crippen molar-refractivity contribution in [1.82, 2.24) is 0 Å². The van der Waals surface area contributed by atoms with E-state index in [2.05, 4.69) is 0 Å². The van der Waals surface area contributed by atoms with Crippen LogP contribution < -0.4 is 23.8 Å². The van der Waals surface area contributed by atoms with Gasteiger partial charge in [-0.3, -0.25) is 14.5 Å². The lowest BCUT2D eigenvalue weighted by atomic mass is 9.94. The zero-order chi connectivity index (χ0) is 27.6. The minimum Gasteiger partial charge on any atom is -0.507 e. The van der Waals surface area contributed by atoms with E-state index in [1.165, 1.54) is 38.4 Å². The highest BCUT2D eigenvalue weighted by Crippen LogP contribution is 2.45. The highest BCUT2D eigenvalue weighted by atomic mass is 35.5. The lowest BCUT2D eigenvalue weighted by Gasteiger charge is -2.26. The Bertz CT molecular complexity index is 1410. The third kappa shape index (κ3) is 4.85. The van der Waals surface area contributed by atoms with Crippen molar-refractivity contribution in [3.8, 4) is 23.0 Å². The van der Waals surface area contributed by atoms with Gasteiger partial charge in [0.15, 0.2) is 17.2 Å². The molecule has 1 atom stereocenters. The van der Waals surface area contributed by atoms with Crippen molar-refractivity contribution in [3.63, 3.8) is 0 Å². The lowest BCUT2D eigenvalue weighted by molar-refractivity contribution is -0.132. The number of amides is 1. The second kappa shape index (κ2) is 11.2. The Morgan fingerprint density at radius 1 is 0.921 bits per heavy atom. The molecule has 1 amide bonds. The van der Waals surface area contributed by atoms with Crippen LogP contribution in [0.1, 0.15) is 24.1 Å². The standard InChI is InChI=1S/C28H25Cl2NO7/c1-5-38-22-13-15(9-10-21(22)36-3)24-23(25(32)16-11-19(29)27(37-4)20(30)12-16)26(33)28(34)31(24)17-7-6-8-18(14-17)35-2/h6-14,24,32H,5H2,1-4H3/b25-23+. The Kier molecular flexibility index (Phi) is 8.04. The molecular formula is C28H25Cl2NO7. The van der Waals surface area contributed by atoms with E-state index in [4.69, 9.17) is 42.1 Å². The van der Waals surface area contributed by atoms with Crippen LogP contribution in [0, 0.1) is 0 Å². The topological polar surface area (TPSA) is 94.5 Å². The molecule has 8 nitrogen and oxygen atoms in total. The third-order valence-electron chi connectivity index (χ3n) is 6.06. The van der Waals surface area contributed by atoms with Gasteiger partial charge in [0.25, 0.3) is 11.7 Å². The Morgan fingerprint density at radius 3 is 2.24 bits per heavy atom. The van der Waals surface area contributed by atoms with Gasteiger partial charge < -0.3 is 24.1 Å². The highest BCUT2D eigenvalue weighted by Gasteiger charge is 2.47. The summed E-state index contributed by atoms with van der Waals surface area (Å²) >= 11 is 12.6. The molecule has 1 heterocycles. The van der Waals surface area contributed by atoms with Gasteiger partial charge in [-0.2, -0.15) is 0 Å². The van der Waals surface area contributed by atoms with E-state index in [-0.39, 0.29) is 26.9 Å². The van der Waals surface area contributed by atoms with Gasteiger partial charge in [0.2, 0.25) is 0 Å². The van der Waals surface area contributed by atoms with E-state index in [1.54, 1.807) is 42.5 Å². The van der Waals surface area contributed by atoms with Gasteiger partial charge in [0.1, 0.15) is 11.5 Å². The summed E-state index contributed by atoms with van der Waals surface area (Å²) in [6.45, 7) is 2.18. The Hall–Kier alpha value is -3.88. The SMILES string of the molecule is CCOc1cc(C2/C(=C(\O)c3cc(Cl)c(OC)c(Cl)c3)C(=O)C(=O)N2c2cccc(OC)c2)ccc1OC. The minimum atomic E-state index is -1.02. The number of carbonyl (C=O) groups is 2. The second-order valence-electron chi connectivity index (χ2n) is 8.19. The summed E-state index contributed by atoms with van der Waals surface area (Å²) < 4.78 is 21.7. The number of ether oxygens (including phenoxy) is 4. The first-order valence-electron chi connectivity index (χ1n) is 11.5. The number of Topliss-reactive ketones (excluding diaryl/α,β-unsaturated/α-hetero) is 1. The van der Waals surface area contributed by atoms with E-state index in [0.29, 0.717) is 35.1 Å². The average Bonchev–Trinajstić information content (AvgIpc) is 3.18. The Morgan fingerprint density at radius 2 is 1.63 bits per heavy atom. The van der Waals surface area contributed by atoms with Crippen molar-refractivity contribution in [3.05, 3.63) is 81.3 Å². The zero-order valence-electron chi connectivity index (χ0n) is 21.1. The number of carbonyl (C=O) groups excluding carboxylic acids is 2. The molecule has 4 rings (SSSR count). The van der Waals surface area contributed by atoms with Crippen LogP contribution in [-0.2, 0) is 9.59 Å². The summed E-state index contributed by atoms with van der Waals surface area (Å²) in [5.41, 5.74) is 0.898. The van der Waals surface area contributed by atoms with E-state index in [0.717, 1.165) is 0 Å². The van der Waals surface area contributed by atoms with Crippen LogP contribution in [-0.4, -0.2) is 44.7 Å². The summed E-state index contributed by atoms with van der Waals surface area (Å²) in [5, 5.41) is 11.7. The summed E-state index contributed by atoms with van der Waals surface area (Å²) in [4.78, 5) is 28.3. The van der Waals surface area contributed by atoms with Gasteiger partial charge in [-0.1, -0.05) is 35.3 Å². The molecular weight excluding hydrogens is 533 g/mol. The van der Waals surface area contributed by atoms with Crippen LogP contribution in [0.25, 0.3) is 5.76 Å². The van der Waals surface area contributed by atoms with Crippen LogP contribution in [0.15, 0.2) is 60.2 Å². The molecule has 198 valence electrons. The Balaban J connectivity index is 1.99. The van der Waals surface area contributed by atoms with E-state index < -0.39 is 23.5 Å². The molecule has 3 aromatic carbocycles. The number of halogens is 2. The van der Waals surface area contributed by atoms with Crippen molar-refractivity contribution in [2.24, 2.45) is 0 Å². The number of hydrogen-bond donors (Lipinski definition) is 1. The molecule has 0 spiro atoms. The number of anilines is 1. The molecule has 1 N–H and O–H groups in total. The summed E-state index contributed by atoms with van der Waals surface area (Å²) in [6.07, 6.45) is 0. The summed E-state index contributed by atoms with van der Waals surface area (Å²) in [7, 11) is 4.42. The number of benzene rings is 3. The van der Waals surface area contributed by atoms with Gasteiger partial charge in [0, 0.05) is 17.3 Å². The monoisotopic (exact) mass is 557 g/mol. The maximum atomic E-state index is 13.5. The fraction of sp³-hybridized carbons (Fsp3) is 0.214. The van der Waals surface area contributed by atoms with Crippen LogP contribution in [0.3, 0.4) is 0 Å². The van der Waals surface area contributed by atoms with Gasteiger partial charge in [-0.05, 0) is 48.9 Å². The van der Waals surface area contributed by atoms with E-state index >= 15 is 0 Å². The highest BCUT2D eigenvalue weighted by molar-refractivity contribution is 6.51. The quantitative estimate of drug-likeness (QED) is 0.205. The number of methoxy groups -OCH3 is 3. The van der Waals surface area contributed by atoms with Crippen LogP contribution in [0.5, 0.6) is 23.0 Å². The number of nitrogens with zero attached hydrogens (tertiary/aromatic N) is 1. The fourth-order valence-electron chi connectivity index (χ4n) is 4.35. The molecule has 0 radical (unpaired) electrons. The van der Waals surface area contributed by atoms with Crippen molar-refractivity contribution >= 4 is 46.3 Å². The number of ketones is 1. The molecule has 0 bridgehead atoms. The molecule has 1 fully saturated rings. The normalized spacial score (nSPS) is 16.5. The first kappa shape index (κ1) is 27.2. The van der Waals surface area contributed by atoms with Crippen LogP contribution in [0.4, 0.5) is 5.69 Å². The van der Waals surface area contributed by atoms with E-state index in [9.17, 15) is 14.7 Å². The van der Waals surface area contributed by atoms with Crippen molar-refractivity contribution in [1.29, 1.82) is 0 Å². The minimum absolute atomic E-state index is 0.128. The van der Waals surface area contributed by atoms with Gasteiger partial charge in [0.05, 0.1) is 49.6 Å². The molecule has 1 aliphatic rings. The van der Waals surface area contributed by atoms with Crippen molar-refractivity contribution in [2.75, 3.05) is 32.8 Å². The number of aliphatic hydroxyl groups excluding tert-OH is 1. The lowest BCUT2D eigenvalue weighted by Crippen LogP contribution is -2.29. The summed E-state index contributed by atoms with van der Waals surface area (Å²) in [5.74, 6) is -0.561. The molecule has 3 aromatic rings. The number of aliphatic hydroxyl groups is 1. The smallest absolute Gasteiger partial charge is 0.300 e. The van der Waals surface area contributed by atoms with Crippen molar-refractivity contribution in [2.45, 2.75) is 13.0 Å². The van der Waals surface area contributed by atoms with Gasteiger partial charge >= 0.3 is 0 Å². The third-order valence-corrected chi connectivity index (χ3v) is 6.62. The van der Waals surface area contributed by atoms with Gasteiger partial charge in [-0.25, -0.2) is 0 Å². The zero-order valence-corrected chi connectivity index (χ0v) is 22.6. The number of rotatable bonds is 8. The molecule has 1 unspecified atom stereocenters. The molecule has 10 heteroatoms. The van der Waals surface area contributed by atoms with E-state index in [1.807, 2.05) is 6.92 Å². The molecule has 38 heavy (non-hydrogen) atoms. The Labute approximate surface area is 229 Å². The maximum absolute atomic E-state index is 13.5. The molecule has 1 aliphatic heterocycles. The first-order valence-corrected chi connectivity index (χ1v) is 12.3. The summed E-state index contributed by atoms with van der Waals surface area (Å²) in [6, 6.07) is 13.6. The largest absolute Gasteiger partial charge is 0.507 e. The molecule has 1 saturated heterocycles. The first-order chi connectivity index (χ1) is 18.2. The fourth-order valence-corrected chi connectivity index (χ4v) is 4.99. The predicted molar refractivity (Wildman–Crippen MR) is 145 cm³/mol. The molecule has 0 aromatic heterocycles. The van der Waals surface area contributed by atoms with Gasteiger partial charge in [-0.15, -0.1) is 0 Å². The second-order valence-corrected chi connectivity index (χ2v) is 9.00. The number of hydrogen-bond acceptors (Lipinski definition) is 7. The maximum Gasteiger partial charge on any atom is 0.300 e. The predicted octanol–water partition coefficient (Wildman–Crippen LogP) is 6.04. The molecule has 0 aliphatic carbocycles. The van der Waals surface area contributed by atoms with Crippen molar-refractivity contribution < 1.29 is 33.6 Å². The van der Waals surface area contributed by atoms with Crippen LogP contribution in [0.2, 0.25) is 10.0 Å². The average molecular weight is 558 g/mol.